The number of halogens is 1. The normalized spacial score (nSPS) is 14.8. The summed E-state index contributed by atoms with van der Waals surface area (Å²) in [4.78, 5) is 25.1. The highest BCUT2D eigenvalue weighted by molar-refractivity contribution is 5.89. The molecule has 0 fully saturated rings. The van der Waals surface area contributed by atoms with Crippen LogP contribution in [0.25, 0.3) is 0 Å². The average molecular weight is 299 g/mol. The lowest BCUT2D eigenvalue weighted by Crippen LogP contribution is -2.44. The van der Waals surface area contributed by atoms with Crippen LogP contribution in [0, 0.1) is 0 Å². The van der Waals surface area contributed by atoms with Crippen molar-refractivity contribution in [3.05, 3.63) is 34.9 Å². The van der Waals surface area contributed by atoms with Crippen LogP contribution in [0.2, 0.25) is 0 Å². The summed E-state index contributed by atoms with van der Waals surface area (Å²) < 4.78 is 4.70. The van der Waals surface area contributed by atoms with Crippen molar-refractivity contribution in [3.63, 3.8) is 0 Å². The van der Waals surface area contributed by atoms with E-state index in [0.29, 0.717) is 18.7 Å². The Hall–Kier alpha value is -1.59. The molecule has 0 radical (unpaired) electrons. The summed E-state index contributed by atoms with van der Waals surface area (Å²) in [6.07, 6.45) is 0.787. The highest BCUT2D eigenvalue weighted by atomic mass is 35.5. The summed E-state index contributed by atoms with van der Waals surface area (Å²) in [7, 11) is 1.35. The molecule has 2 rings (SSSR count). The summed E-state index contributed by atoms with van der Waals surface area (Å²) >= 11 is 0. The number of benzene rings is 1. The standard InChI is InChI=1S/C14H18N2O3.ClH/c1-9(15)13(17)16-6-5-10-3-4-11(14(18)19-2)7-12(10)8-16;/h3-4,7,9H,5-6,8,15H2,1-2H3;1H/t9-;/m1./s1. The van der Waals surface area contributed by atoms with Gasteiger partial charge in [0.25, 0.3) is 0 Å². The molecule has 0 saturated heterocycles. The minimum Gasteiger partial charge on any atom is -0.465 e. The minimum atomic E-state index is -0.495. The fourth-order valence-electron chi connectivity index (χ4n) is 2.28. The maximum atomic E-state index is 11.9. The van der Waals surface area contributed by atoms with Crippen molar-refractivity contribution in [3.8, 4) is 0 Å². The number of carbonyl (C=O) groups excluding carboxylic acids is 2. The molecular weight excluding hydrogens is 280 g/mol. The number of nitrogens with zero attached hydrogens (tertiary/aromatic N) is 1. The Morgan fingerprint density at radius 1 is 1.35 bits per heavy atom. The van der Waals surface area contributed by atoms with Crippen LogP contribution in [-0.2, 0) is 22.5 Å². The van der Waals surface area contributed by atoms with Crippen LogP contribution in [0.1, 0.15) is 28.4 Å². The van der Waals surface area contributed by atoms with E-state index in [4.69, 9.17) is 10.5 Å². The first-order valence-electron chi connectivity index (χ1n) is 6.27. The van der Waals surface area contributed by atoms with Crippen LogP contribution in [-0.4, -0.2) is 36.5 Å². The van der Waals surface area contributed by atoms with E-state index in [1.165, 1.54) is 12.7 Å². The first-order valence-corrected chi connectivity index (χ1v) is 6.27. The topological polar surface area (TPSA) is 72.6 Å². The van der Waals surface area contributed by atoms with Crippen LogP contribution in [0.5, 0.6) is 0 Å². The van der Waals surface area contributed by atoms with Gasteiger partial charge in [-0.25, -0.2) is 4.79 Å². The van der Waals surface area contributed by atoms with Crippen molar-refractivity contribution >= 4 is 24.3 Å². The van der Waals surface area contributed by atoms with E-state index in [1.54, 1.807) is 24.0 Å². The molecule has 1 amide bonds. The Bertz CT molecular complexity index is 517. The van der Waals surface area contributed by atoms with Gasteiger partial charge in [0.05, 0.1) is 18.7 Å². The molecule has 0 aromatic heterocycles. The van der Waals surface area contributed by atoms with E-state index in [9.17, 15) is 9.59 Å². The molecule has 0 bridgehead atoms. The van der Waals surface area contributed by atoms with Gasteiger partial charge in [-0.3, -0.25) is 4.79 Å². The molecule has 0 unspecified atom stereocenters. The first kappa shape index (κ1) is 16.5. The van der Waals surface area contributed by atoms with Gasteiger partial charge in [0.2, 0.25) is 5.91 Å². The predicted molar refractivity (Wildman–Crippen MR) is 77.8 cm³/mol. The monoisotopic (exact) mass is 298 g/mol. The van der Waals surface area contributed by atoms with Crippen LogP contribution < -0.4 is 5.73 Å². The summed E-state index contributed by atoms with van der Waals surface area (Å²) in [5.74, 6) is -0.424. The van der Waals surface area contributed by atoms with E-state index >= 15 is 0 Å². The highest BCUT2D eigenvalue weighted by Gasteiger charge is 2.23. The quantitative estimate of drug-likeness (QED) is 0.831. The third-order valence-corrected chi connectivity index (χ3v) is 3.34. The van der Waals surface area contributed by atoms with Gasteiger partial charge >= 0.3 is 5.97 Å². The van der Waals surface area contributed by atoms with Gasteiger partial charge in [-0.05, 0) is 36.6 Å². The molecule has 110 valence electrons. The SMILES string of the molecule is COC(=O)c1ccc2c(c1)CN(C(=O)[C@@H](C)N)CC2.Cl. The van der Waals surface area contributed by atoms with E-state index < -0.39 is 6.04 Å². The van der Waals surface area contributed by atoms with Crippen molar-refractivity contribution in [1.29, 1.82) is 0 Å². The molecule has 0 saturated carbocycles. The van der Waals surface area contributed by atoms with Crippen molar-refractivity contribution in [2.24, 2.45) is 5.73 Å². The molecule has 5 nitrogen and oxygen atoms in total. The molecule has 1 heterocycles. The third kappa shape index (κ3) is 3.29. The van der Waals surface area contributed by atoms with Gasteiger partial charge in [-0.1, -0.05) is 6.07 Å². The van der Waals surface area contributed by atoms with E-state index in [2.05, 4.69) is 0 Å². The molecule has 0 spiro atoms. The minimum absolute atomic E-state index is 0. The van der Waals surface area contributed by atoms with Crippen LogP contribution in [0.15, 0.2) is 18.2 Å². The Morgan fingerprint density at radius 3 is 2.65 bits per heavy atom. The molecule has 1 aromatic carbocycles. The summed E-state index contributed by atoms with van der Waals surface area (Å²) in [5.41, 5.74) is 8.29. The number of ether oxygens (including phenoxy) is 1. The van der Waals surface area contributed by atoms with Gasteiger partial charge in [0.15, 0.2) is 0 Å². The molecule has 0 aliphatic carbocycles. The Balaban J connectivity index is 0.00000200. The summed E-state index contributed by atoms with van der Waals surface area (Å²) in [6, 6.07) is 4.98. The molecular formula is C14H19ClN2O3. The number of rotatable bonds is 2. The van der Waals surface area contributed by atoms with Crippen LogP contribution in [0.3, 0.4) is 0 Å². The Morgan fingerprint density at radius 2 is 2.05 bits per heavy atom. The van der Waals surface area contributed by atoms with Gasteiger partial charge in [0, 0.05) is 13.1 Å². The second kappa shape index (κ2) is 6.72. The number of amides is 1. The number of hydrogen-bond acceptors (Lipinski definition) is 4. The molecule has 1 aromatic rings. The van der Waals surface area contributed by atoms with Crippen LogP contribution in [0.4, 0.5) is 0 Å². The van der Waals surface area contributed by atoms with Gasteiger partial charge < -0.3 is 15.4 Å². The zero-order valence-electron chi connectivity index (χ0n) is 11.6. The first-order chi connectivity index (χ1) is 9.02. The van der Waals surface area contributed by atoms with E-state index in [1.807, 2.05) is 6.07 Å². The number of methoxy groups -OCH3 is 1. The number of hydrogen-bond donors (Lipinski definition) is 1. The number of esters is 1. The molecule has 6 heteroatoms. The smallest absolute Gasteiger partial charge is 0.337 e. The zero-order valence-corrected chi connectivity index (χ0v) is 12.4. The van der Waals surface area contributed by atoms with Crippen molar-refractivity contribution < 1.29 is 14.3 Å². The lowest BCUT2D eigenvalue weighted by atomic mass is 9.97. The van der Waals surface area contributed by atoms with E-state index in [-0.39, 0.29) is 24.3 Å². The largest absolute Gasteiger partial charge is 0.465 e. The zero-order chi connectivity index (χ0) is 14.0. The molecule has 2 N–H and O–H groups in total. The molecule has 1 aliphatic rings. The van der Waals surface area contributed by atoms with Crippen LogP contribution >= 0.6 is 12.4 Å². The number of carbonyl (C=O) groups is 2. The average Bonchev–Trinajstić information content (AvgIpc) is 2.44. The molecule has 20 heavy (non-hydrogen) atoms. The third-order valence-electron chi connectivity index (χ3n) is 3.34. The molecule has 1 aliphatic heterocycles. The lowest BCUT2D eigenvalue weighted by molar-refractivity contribution is -0.133. The van der Waals surface area contributed by atoms with Gasteiger partial charge in [-0.15, -0.1) is 12.4 Å². The van der Waals surface area contributed by atoms with Gasteiger partial charge in [0.1, 0.15) is 0 Å². The second-order valence-electron chi connectivity index (χ2n) is 4.77. The van der Waals surface area contributed by atoms with Gasteiger partial charge in [-0.2, -0.15) is 0 Å². The van der Waals surface area contributed by atoms with Crippen molar-refractivity contribution in [2.45, 2.75) is 25.9 Å². The highest BCUT2D eigenvalue weighted by Crippen LogP contribution is 2.21. The number of fused-ring (bicyclic) bond motifs is 1. The van der Waals surface area contributed by atoms with Crippen molar-refractivity contribution in [2.75, 3.05) is 13.7 Å². The Labute approximate surface area is 124 Å². The van der Waals surface area contributed by atoms with Crippen molar-refractivity contribution in [1.82, 2.24) is 4.90 Å². The fraction of sp³-hybridized carbons (Fsp3) is 0.429. The number of nitrogens with two attached hydrogens (primary N) is 1. The maximum Gasteiger partial charge on any atom is 0.337 e. The summed E-state index contributed by atoms with van der Waals surface area (Å²) in [5, 5.41) is 0. The lowest BCUT2D eigenvalue weighted by Gasteiger charge is -2.30. The second-order valence-corrected chi connectivity index (χ2v) is 4.77. The fourth-order valence-corrected chi connectivity index (χ4v) is 2.28. The summed E-state index contributed by atoms with van der Waals surface area (Å²) in [6.45, 7) is 2.86. The Kier molecular flexibility index (Phi) is 5.53. The maximum absolute atomic E-state index is 11.9. The van der Waals surface area contributed by atoms with E-state index in [0.717, 1.165) is 12.0 Å². The molecule has 1 atom stereocenters. The predicted octanol–water partition coefficient (Wildman–Crippen LogP) is 1.13.